The molecule has 0 saturated carbocycles. The standard InChI is InChI=1S/C14H17N3O/c1-17-8-13(7-16-17)11-2-3-14-12(5-11)4-10(9-18)6-15-14/h2-3,5,7-8,10,15,18H,4,6,9H2,1H3. The van der Waals surface area contributed by atoms with Crippen LogP contribution in [0.5, 0.6) is 0 Å². The zero-order chi connectivity index (χ0) is 12.5. The van der Waals surface area contributed by atoms with E-state index in [0.717, 1.165) is 18.5 Å². The molecule has 2 aromatic rings. The molecule has 0 fully saturated rings. The van der Waals surface area contributed by atoms with Crippen molar-refractivity contribution in [3.8, 4) is 11.1 Å². The second-order valence-corrected chi connectivity index (χ2v) is 4.91. The summed E-state index contributed by atoms with van der Waals surface area (Å²) in [5.41, 5.74) is 4.78. The van der Waals surface area contributed by atoms with Crippen molar-refractivity contribution in [3.63, 3.8) is 0 Å². The number of aromatic nitrogens is 2. The summed E-state index contributed by atoms with van der Waals surface area (Å²) in [4.78, 5) is 0. The average molecular weight is 243 g/mol. The van der Waals surface area contributed by atoms with Crippen LogP contribution in [0.1, 0.15) is 5.56 Å². The Hall–Kier alpha value is -1.81. The molecule has 1 unspecified atom stereocenters. The van der Waals surface area contributed by atoms with Gasteiger partial charge in [0.25, 0.3) is 0 Å². The van der Waals surface area contributed by atoms with E-state index in [4.69, 9.17) is 0 Å². The molecule has 0 aliphatic carbocycles. The van der Waals surface area contributed by atoms with Gasteiger partial charge in [-0.25, -0.2) is 0 Å². The van der Waals surface area contributed by atoms with E-state index in [1.165, 1.54) is 16.8 Å². The van der Waals surface area contributed by atoms with Gasteiger partial charge in [-0.05, 0) is 29.7 Å². The number of hydrogen-bond donors (Lipinski definition) is 2. The fourth-order valence-corrected chi connectivity index (χ4v) is 2.45. The second kappa shape index (κ2) is 4.46. The highest BCUT2D eigenvalue weighted by Gasteiger charge is 2.17. The van der Waals surface area contributed by atoms with Crippen LogP contribution < -0.4 is 5.32 Å². The minimum Gasteiger partial charge on any atom is -0.396 e. The summed E-state index contributed by atoms with van der Waals surface area (Å²) in [5.74, 6) is 0.321. The zero-order valence-electron chi connectivity index (χ0n) is 10.4. The molecule has 3 rings (SSSR count). The first-order valence-electron chi connectivity index (χ1n) is 6.23. The first-order valence-corrected chi connectivity index (χ1v) is 6.23. The third-order valence-corrected chi connectivity index (χ3v) is 3.49. The summed E-state index contributed by atoms with van der Waals surface area (Å²) in [7, 11) is 1.92. The lowest BCUT2D eigenvalue weighted by Gasteiger charge is -2.25. The van der Waals surface area contributed by atoms with E-state index in [1.807, 2.05) is 24.1 Å². The molecular weight excluding hydrogens is 226 g/mol. The quantitative estimate of drug-likeness (QED) is 0.843. The van der Waals surface area contributed by atoms with Gasteiger partial charge in [0.15, 0.2) is 0 Å². The Balaban J connectivity index is 1.95. The maximum absolute atomic E-state index is 9.25. The Kier molecular flexibility index (Phi) is 2.80. The van der Waals surface area contributed by atoms with E-state index in [9.17, 15) is 5.11 Å². The molecule has 0 saturated heterocycles. The Bertz CT molecular complexity index is 562. The normalized spacial score (nSPS) is 18.2. The number of fused-ring (bicyclic) bond motifs is 1. The molecule has 94 valence electrons. The van der Waals surface area contributed by atoms with E-state index in [2.05, 4.69) is 28.6 Å². The number of aryl methyl sites for hydroxylation is 1. The summed E-state index contributed by atoms with van der Waals surface area (Å²) < 4.78 is 1.81. The molecule has 18 heavy (non-hydrogen) atoms. The highest BCUT2D eigenvalue weighted by molar-refractivity contribution is 5.68. The topological polar surface area (TPSA) is 50.1 Å². The third-order valence-electron chi connectivity index (χ3n) is 3.49. The summed E-state index contributed by atoms with van der Waals surface area (Å²) in [6.45, 7) is 1.10. The molecule has 2 heterocycles. The first-order chi connectivity index (χ1) is 8.76. The molecule has 1 aliphatic rings. The fraction of sp³-hybridized carbons (Fsp3) is 0.357. The number of aliphatic hydroxyl groups is 1. The zero-order valence-corrected chi connectivity index (χ0v) is 10.4. The predicted octanol–water partition coefficient (Wildman–Crippen LogP) is 1.66. The van der Waals surface area contributed by atoms with Crippen LogP contribution in [0.4, 0.5) is 5.69 Å². The van der Waals surface area contributed by atoms with Gasteiger partial charge in [-0.1, -0.05) is 6.07 Å². The molecule has 1 aliphatic heterocycles. The van der Waals surface area contributed by atoms with Crippen LogP contribution in [0, 0.1) is 5.92 Å². The van der Waals surface area contributed by atoms with Crippen LogP contribution in [0.3, 0.4) is 0 Å². The van der Waals surface area contributed by atoms with E-state index < -0.39 is 0 Å². The van der Waals surface area contributed by atoms with Crippen LogP contribution in [-0.4, -0.2) is 28.0 Å². The Labute approximate surface area is 106 Å². The maximum Gasteiger partial charge on any atom is 0.0568 e. The van der Waals surface area contributed by atoms with E-state index in [1.54, 1.807) is 0 Å². The molecule has 4 nitrogen and oxygen atoms in total. The van der Waals surface area contributed by atoms with Gasteiger partial charge in [0.1, 0.15) is 0 Å². The Morgan fingerprint density at radius 3 is 3.06 bits per heavy atom. The summed E-state index contributed by atoms with van der Waals surface area (Å²) in [5, 5.41) is 16.8. The van der Waals surface area contributed by atoms with Crippen molar-refractivity contribution in [1.82, 2.24) is 9.78 Å². The van der Waals surface area contributed by atoms with Crippen LogP contribution in [-0.2, 0) is 13.5 Å². The van der Waals surface area contributed by atoms with Gasteiger partial charge in [-0.15, -0.1) is 0 Å². The molecule has 2 N–H and O–H groups in total. The predicted molar refractivity (Wildman–Crippen MR) is 71.4 cm³/mol. The Morgan fingerprint density at radius 2 is 2.33 bits per heavy atom. The summed E-state index contributed by atoms with van der Waals surface area (Å²) >= 11 is 0. The van der Waals surface area contributed by atoms with Gasteiger partial charge in [-0.2, -0.15) is 5.10 Å². The van der Waals surface area contributed by atoms with E-state index in [0.29, 0.717) is 5.92 Å². The average Bonchev–Trinajstić information content (AvgIpc) is 2.84. The van der Waals surface area contributed by atoms with Gasteiger partial charge in [0, 0.05) is 43.6 Å². The molecule has 1 atom stereocenters. The number of anilines is 1. The van der Waals surface area contributed by atoms with E-state index in [-0.39, 0.29) is 6.61 Å². The molecule has 4 heteroatoms. The van der Waals surface area contributed by atoms with Crippen molar-refractivity contribution in [2.75, 3.05) is 18.5 Å². The second-order valence-electron chi connectivity index (χ2n) is 4.91. The van der Waals surface area contributed by atoms with Crippen LogP contribution in [0.2, 0.25) is 0 Å². The van der Waals surface area contributed by atoms with Gasteiger partial charge < -0.3 is 10.4 Å². The first kappa shape index (κ1) is 11.3. The minimum absolute atomic E-state index is 0.240. The van der Waals surface area contributed by atoms with Crippen molar-refractivity contribution in [3.05, 3.63) is 36.2 Å². The van der Waals surface area contributed by atoms with Crippen molar-refractivity contribution < 1.29 is 5.11 Å². The van der Waals surface area contributed by atoms with Gasteiger partial charge >= 0.3 is 0 Å². The summed E-state index contributed by atoms with van der Waals surface area (Å²) in [6.07, 6.45) is 4.83. The maximum atomic E-state index is 9.25. The van der Waals surface area contributed by atoms with Crippen LogP contribution in [0.25, 0.3) is 11.1 Å². The number of nitrogens with zero attached hydrogens (tertiary/aromatic N) is 2. The molecule has 0 amide bonds. The van der Waals surface area contributed by atoms with Gasteiger partial charge in [-0.3, -0.25) is 4.68 Å². The SMILES string of the molecule is Cn1cc(-c2ccc3c(c2)CC(CO)CN3)cn1. The fourth-order valence-electron chi connectivity index (χ4n) is 2.45. The highest BCUT2D eigenvalue weighted by atomic mass is 16.3. The van der Waals surface area contributed by atoms with Crippen molar-refractivity contribution in [2.45, 2.75) is 6.42 Å². The largest absolute Gasteiger partial charge is 0.396 e. The molecule has 0 bridgehead atoms. The molecule has 1 aromatic carbocycles. The molecular formula is C14H17N3O. The minimum atomic E-state index is 0.240. The van der Waals surface area contributed by atoms with E-state index >= 15 is 0 Å². The summed E-state index contributed by atoms with van der Waals surface area (Å²) in [6, 6.07) is 6.43. The highest BCUT2D eigenvalue weighted by Crippen LogP contribution is 2.29. The number of benzene rings is 1. The molecule has 1 aromatic heterocycles. The lowest BCUT2D eigenvalue weighted by Crippen LogP contribution is -2.25. The molecule has 0 spiro atoms. The van der Waals surface area contributed by atoms with Crippen molar-refractivity contribution >= 4 is 5.69 Å². The number of rotatable bonds is 2. The van der Waals surface area contributed by atoms with Crippen LogP contribution in [0.15, 0.2) is 30.6 Å². The third kappa shape index (κ3) is 1.99. The number of nitrogens with one attached hydrogen (secondary N) is 1. The number of aliphatic hydroxyl groups excluding tert-OH is 1. The smallest absolute Gasteiger partial charge is 0.0568 e. The monoisotopic (exact) mass is 243 g/mol. The van der Waals surface area contributed by atoms with Crippen LogP contribution >= 0.6 is 0 Å². The van der Waals surface area contributed by atoms with Crippen molar-refractivity contribution in [1.29, 1.82) is 0 Å². The lowest BCUT2D eigenvalue weighted by molar-refractivity contribution is 0.230. The lowest BCUT2D eigenvalue weighted by atomic mass is 9.92. The molecule has 0 radical (unpaired) electrons. The Morgan fingerprint density at radius 1 is 1.44 bits per heavy atom. The van der Waals surface area contributed by atoms with Crippen molar-refractivity contribution in [2.24, 2.45) is 13.0 Å². The number of hydrogen-bond acceptors (Lipinski definition) is 3. The van der Waals surface area contributed by atoms with Gasteiger partial charge in [0.05, 0.1) is 6.20 Å². The van der Waals surface area contributed by atoms with Gasteiger partial charge in [0.2, 0.25) is 0 Å².